The molecule has 0 fully saturated rings. The lowest BCUT2D eigenvalue weighted by Crippen LogP contribution is -2.05. The van der Waals surface area contributed by atoms with Crippen LogP contribution in [0, 0.1) is 16.0 Å². The van der Waals surface area contributed by atoms with Crippen molar-refractivity contribution in [2.45, 2.75) is 19.3 Å². The second-order valence-electron chi connectivity index (χ2n) is 4.21. The summed E-state index contributed by atoms with van der Waals surface area (Å²) in [6.07, 6.45) is 9.29. The monoisotopic (exact) mass is 245 g/mol. The molecule has 0 bridgehead atoms. The molecule has 0 saturated carbocycles. The molecule has 0 heterocycles. The molecular weight excluding hydrogens is 230 g/mol. The summed E-state index contributed by atoms with van der Waals surface area (Å²) in [7, 11) is 0. The van der Waals surface area contributed by atoms with Crippen LogP contribution in [0.2, 0.25) is 0 Å². The summed E-state index contributed by atoms with van der Waals surface area (Å²) in [5.74, 6) is 0.422. The van der Waals surface area contributed by atoms with Crippen molar-refractivity contribution in [2.24, 2.45) is 11.0 Å². The van der Waals surface area contributed by atoms with Crippen molar-refractivity contribution >= 4 is 17.6 Å². The summed E-state index contributed by atoms with van der Waals surface area (Å²) in [4.78, 5) is 10.4. The summed E-state index contributed by atoms with van der Waals surface area (Å²) >= 11 is 0. The molecule has 1 aliphatic rings. The van der Waals surface area contributed by atoms with Gasteiger partial charge in [-0.1, -0.05) is 24.3 Å². The van der Waals surface area contributed by atoms with Crippen molar-refractivity contribution in [3.05, 3.63) is 46.5 Å². The van der Waals surface area contributed by atoms with Gasteiger partial charge in [0.15, 0.2) is 0 Å². The van der Waals surface area contributed by atoms with Gasteiger partial charge in [0.05, 0.1) is 4.92 Å². The van der Waals surface area contributed by atoms with E-state index in [-0.39, 0.29) is 5.69 Å². The van der Waals surface area contributed by atoms with Gasteiger partial charge in [0.25, 0.3) is 5.69 Å². The Morgan fingerprint density at radius 3 is 2.94 bits per heavy atom. The minimum Gasteiger partial charge on any atom is -0.272 e. The van der Waals surface area contributed by atoms with Crippen LogP contribution in [0.5, 0.6) is 0 Å². The number of rotatable bonds is 4. The molecule has 0 aromatic heterocycles. The Morgan fingerprint density at radius 2 is 2.22 bits per heavy atom. The second-order valence-corrected chi connectivity index (χ2v) is 4.21. The molecule has 0 unspecified atom stereocenters. The number of nitrogens with one attached hydrogen (secondary N) is 1. The summed E-state index contributed by atoms with van der Waals surface area (Å²) in [5, 5.41) is 14.9. The molecule has 0 saturated heterocycles. The maximum absolute atomic E-state index is 10.8. The molecule has 1 aliphatic carbocycles. The van der Waals surface area contributed by atoms with Gasteiger partial charge in [-0.15, -0.1) is 0 Å². The SMILES string of the molecule is O=[N+]([O-])c1ccccc1N/N=C\[C@@H]1CC=CCC1. The molecule has 0 amide bonds. The van der Waals surface area contributed by atoms with Crippen LogP contribution in [0.4, 0.5) is 11.4 Å². The molecule has 0 radical (unpaired) electrons. The highest BCUT2D eigenvalue weighted by atomic mass is 16.6. The van der Waals surface area contributed by atoms with E-state index in [2.05, 4.69) is 22.7 Å². The van der Waals surface area contributed by atoms with Crippen LogP contribution in [0.3, 0.4) is 0 Å². The second kappa shape index (κ2) is 5.95. The number of nitro groups is 1. The molecule has 2 rings (SSSR count). The van der Waals surface area contributed by atoms with Gasteiger partial charge >= 0.3 is 0 Å². The zero-order chi connectivity index (χ0) is 12.8. The molecule has 1 N–H and O–H groups in total. The number of hydrogen-bond donors (Lipinski definition) is 1. The Labute approximate surface area is 105 Å². The van der Waals surface area contributed by atoms with Crippen molar-refractivity contribution in [1.82, 2.24) is 0 Å². The number of hydrazone groups is 1. The normalized spacial score (nSPS) is 19.0. The third kappa shape index (κ3) is 3.16. The molecule has 94 valence electrons. The van der Waals surface area contributed by atoms with E-state index >= 15 is 0 Å². The number of nitrogens with zero attached hydrogens (tertiary/aromatic N) is 2. The van der Waals surface area contributed by atoms with Crippen molar-refractivity contribution in [3.8, 4) is 0 Å². The topological polar surface area (TPSA) is 67.5 Å². The summed E-state index contributed by atoms with van der Waals surface area (Å²) < 4.78 is 0. The fraction of sp³-hybridized carbons (Fsp3) is 0.308. The lowest BCUT2D eigenvalue weighted by atomic mass is 9.96. The Bertz CT molecular complexity index is 483. The molecule has 1 aromatic carbocycles. The Hall–Kier alpha value is -2.17. The molecule has 0 spiro atoms. The molecule has 5 heteroatoms. The third-order valence-electron chi connectivity index (χ3n) is 2.88. The van der Waals surface area contributed by atoms with Gasteiger partial charge < -0.3 is 0 Å². The summed E-state index contributed by atoms with van der Waals surface area (Å²) in [6.45, 7) is 0. The average molecular weight is 245 g/mol. The molecule has 1 aromatic rings. The Kier molecular flexibility index (Phi) is 4.06. The van der Waals surface area contributed by atoms with E-state index in [9.17, 15) is 10.1 Å². The summed E-state index contributed by atoms with van der Waals surface area (Å²) in [5.41, 5.74) is 3.21. The number of benzene rings is 1. The van der Waals surface area contributed by atoms with E-state index in [0.717, 1.165) is 19.3 Å². The third-order valence-corrected chi connectivity index (χ3v) is 2.88. The van der Waals surface area contributed by atoms with Gasteiger partial charge in [0.2, 0.25) is 0 Å². The van der Waals surface area contributed by atoms with E-state index in [0.29, 0.717) is 11.6 Å². The van der Waals surface area contributed by atoms with Crippen LogP contribution in [0.1, 0.15) is 19.3 Å². The predicted octanol–water partition coefficient (Wildman–Crippen LogP) is 3.35. The van der Waals surface area contributed by atoms with Gasteiger partial charge in [-0.25, -0.2) is 0 Å². The molecular formula is C13H15N3O2. The fourth-order valence-electron chi connectivity index (χ4n) is 1.89. The van der Waals surface area contributed by atoms with Gasteiger partial charge in [-0.3, -0.25) is 15.5 Å². The van der Waals surface area contributed by atoms with E-state index in [4.69, 9.17) is 0 Å². The maximum Gasteiger partial charge on any atom is 0.294 e. The lowest BCUT2D eigenvalue weighted by molar-refractivity contribution is -0.384. The van der Waals surface area contributed by atoms with Gasteiger partial charge in [0.1, 0.15) is 5.69 Å². The van der Waals surface area contributed by atoms with Crippen LogP contribution in [-0.4, -0.2) is 11.1 Å². The highest BCUT2D eigenvalue weighted by molar-refractivity contribution is 5.66. The van der Waals surface area contributed by atoms with Crippen LogP contribution >= 0.6 is 0 Å². The first-order valence-electron chi connectivity index (χ1n) is 5.95. The Morgan fingerprint density at radius 1 is 1.39 bits per heavy atom. The first kappa shape index (κ1) is 12.3. The molecule has 1 atom stereocenters. The zero-order valence-corrected chi connectivity index (χ0v) is 9.95. The van der Waals surface area contributed by atoms with Crippen LogP contribution < -0.4 is 5.43 Å². The van der Waals surface area contributed by atoms with Crippen LogP contribution in [0.25, 0.3) is 0 Å². The number of para-hydroxylation sites is 2. The van der Waals surface area contributed by atoms with Crippen LogP contribution in [0.15, 0.2) is 41.5 Å². The first-order chi connectivity index (χ1) is 8.77. The van der Waals surface area contributed by atoms with Gasteiger partial charge in [0, 0.05) is 12.3 Å². The minimum atomic E-state index is -0.415. The quantitative estimate of drug-likeness (QED) is 0.383. The minimum absolute atomic E-state index is 0.0400. The van der Waals surface area contributed by atoms with Crippen LogP contribution in [-0.2, 0) is 0 Å². The number of allylic oxidation sites excluding steroid dienone is 2. The number of anilines is 1. The van der Waals surface area contributed by atoms with E-state index in [1.54, 1.807) is 18.2 Å². The molecule has 5 nitrogen and oxygen atoms in total. The largest absolute Gasteiger partial charge is 0.294 e. The average Bonchev–Trinajstić information content (AvgIpc) is 2.40. The van der Waals surface area contributed by atoms with Crippen molar-refractivity contribution in [2.75, 3.05) is 5.43 Å². The number of hydrogen-bond acceptors (Lipinski definition) is 4. The predicted molar refractivity (Wildman–Crippen MR) is 71.7 cm³/mol. The highest BCUT2D eigenvalue weighted by Gasteiger charge is 2.11. The molecule has 18 heavy (non-hydrogen) atoms. The van der Waals surface area contributed by atoms with E-state index in [1.807, 2.05) is 6.21 Å². The standard InChI is InChI=1S/C13H15N3O2/c17-16(18)13-9-5-4-8-12(13)15-14-10-11-6-2-1-3-7-11/h1-2,4-5,8-11,15H,3,6-7H2/b14-10-/t11-/m1/s1. The summed E-state index contributed by atoms with van der Waals surface area (Å²) in [6, 6.07) is 6.49. The Balaban J connectivity index is 1.99. The lowest BCUT2D eigenvalue weighted by Gasteiger charge is -2.11. The highest BCUT2D eigenvalue weighted by Crippen LogP contribution is 2.23. The van der Waals surface area contributed by atoms with Crippen molar-refractivity contribution < 1.29 is 4.92 Å². The molecule has 0 aliphatic heterocycles. The van der Waals surface area contributed by atoms with Gasteiger partial charge in [-0.05, 0) is 31.2 Å². The van der Waals surface area contributed by atoms with Crippen molar-refractivity contribution in [3.63, 3.8) is 0 Å². The van der Waals surface area contributed by atoms with Gasteiger partial charge in [-0.2, -0.15) is 5.10 Å². The first-order valence-corrected chi connectivity index (χ1v) is 5.95. The maximum atomic E-state index is 10.8. The number of nitro benzene ring substituents is 1. The van der Waals surface area contributed by atoms with E-state index in [1.165, 1.54) is 6.07 Å². The van der Waals surface area contributed by atoms with E-state index < -0.39 is 4.92 Å². The fourth-order valence-corrected chi connectivity index (χ4v) is 1.89. The smallest absolute Gasteiger partial charge is 0.272 e. The van der Waals surface area contributed by atoms with Crippen molar-refractivity contribution in [1.29, 1.82) is 0 Å². The zero-order valence-electron chi connectivity index (χ0n) is 9.95.